The Kier molecular flexibility index (Phi) is 6.49. The number of alkyl halides is 3. The van der Waals surface area contributed by atoms with Crippen LogP contribution in [0.15, 0.2) is 18.3 Å². The highest BCUT2D eigenvalue weighted by atomic mass is 19.4. The van der Waals surface area contributed by atoms with Crippen LogP contribution in [0.4, 0.5) is 26.3 Å². The van der Waals surface area contributed by atoms with E-state index in [0.29, 0.717) is 12.1 Å². The highest BCUT2D eigenvalue weighted by Gasteiger charge is 2.42. The standard InChI is InChI=1S/C19H18F6N4O3/c1-32-18(31)16-17-27-14(19(23,24)25)8-28(17)2-3-29(16)15(30)6-10(26)4-9-5-12(21)13(22)7-11(9)20/h5,7-8,10,16H,2-4,6,26H2,1H3. The van der Waals surface area contributed by atoms with Crippen LogP contribution in [0, 0.1) is 17.5 Å². The summed E-state index contributed by atoms with van der Waals surface area (Å²) < 4.78 is 85.1. The molecule has 2 atom stereocenters. The molecule has 174 valence electrons. The summed E-state index contributed by atoms with van der Waals surface area (Å²) >= 11 is 0. The number of nitrogens with two attached hydrogens (primary N) is 1. The SMILES string of the molecule is COC(=O)C1c2nc(C(F)(F)F)cn2CCN1C(=O)CC(N)Cc1cc(F)c(F)cc1F. The molecule has 0 bridgehead atoms. The fourth-order valence-electron chi connectivity index (χ4n) is 3.48. The first kappa shape index (κ1) is 23.6. The molecule has 1 aliphatic heterocycles. The Bertz CT molecular complexity index is 1040. The lowest BCUT2D eigenvalue weighted by molar-refractivity contribution is -0.155. The van der Waals surface area contributed by atoms with Crippen molar-refractivity contribution in [3.8, 4) is 0 Å². The number of imidazole rings is 1. The molecule has 3 rings (SSSR count). The molecular weight excluding hydrogens is 446 g/mol. The minimum Gasteiger partial charge on any atom is -0.467 e. The molecule has 1 aliphatic rings. The van der Waals surface area contributed by atoms with Crippen LogP contribution in [-0.2, 0) is 33.5 Å². The number of fused-ring (bicyclic) bond motifs is 1. The lowest BCUT2D eigenvalue weighted by Crippen LogP contribution is -2.47. The first-order chi connectivity index (χ1) is 14.9. The number of nitrogens with zero attached hydrogens (tertiary/aromatic N) is 3. The van der Waals surface area contributed by atoms with Crippen LogP contribution >= 0.6 is 0 Å². The molecule has 2 aromatic rings. The molecule has 2 heterocycles. The summed E-state index contributed by atoms with van der Waals surface area (Å²) in [5.74, 6) is -5.74. The minimum atomic E-state index is -4.75. The largest absolute Gasteiger partial charge is 0.467 e. The maximum absolute atomic E-state index is 13.8. The molecule has 1 aromatic heterocycles. The fourth-order valence-corrected chi connectivity index (χ4v) is 3.48. The number of esters is 1. The first-order valence-electron chi connectivity index (χ1n) is 9.33. The molecule has 2 N–H and O–H groups in total. The van der Waals surface area contributed by atoms with Crippen LogP contribution in [0.25, 0.3) is 0 Å². The fraction of sp³-hybridized carbons (Fsp3) is 0.421. The number of carbonyl (C=O) groups is 2. The van der Waals surface area contributed by atoms with Gasteiger partial charge in [0.15, 0.2) is 23.4 Å². The second kappa shape index (κ2) is 8.81. The number of rotatable bonds is 5. The summed E-state index contributed by atoms with van der Waals surface area (Å²) in [6.07, 6.45) is -4.78. The maximum Gasteiger partial charge on any atom is 0.434 e. The van der Waals surface area contributed by atoms with Crippen molar-refractivity contribution in [2.24, 2.45) is 5.73 Å². The summed E-state index contributed by atoms with van der Waals surface area (Å²) in [5, 5.41) is 0. The zero-order valence-electron chi connectivity index (χ0n) is 16.6. The molecular formula is C19H18F6N4O3. The monoisotopic (exact) mass is 464 g/mol. The van der Waals surface area contributed by atoms with E-state index in [-0.39, 0.29) is 30.9 Å². The van der Waals surface area contributed by atoms with E-state index in [2.05, 4.69) is 9.72 Å². The van der Waals surface area contributed by atoms with Crippen LogP contribution < -0.4 is 5.73 Å². The van der Waals surface area contributed by atoms with E-state index in [0.717, 1.165) is 22.8 Å². The third-order valence-corrected chi connectivity index (χ3v) is 4.99. The predicted octanol–water partition coefficient (Wildman–Crippen LogP) is 2.34. The molecule has 7 nitrogen and oxygen atoms in total. The van der Waals surface area contributed by atoms with Gasteiger partial charge in [-0.3, -0.25) is 4.79 Å². The van der Waals surface area contributed by atoms with Crippen LogP contribution in [-0.4, -0.2) is 46.0 Å². The Hall–Kier alpha value is -3.09. The number of carbonyl (C=O) groups excluding carboxylic acids is 2. The van der Waals surface area contributed by atoms with Crippen molar-refractivity contribution in [2.45, 2.75) is 37.6 Å². The predicted molar refractivity (Wildman–Crippen MR) is 96.3 cm³/mol. The molecule has 0 fully saturated rings. The third-order valence-electron chi connectivity index (χ3n) is 4.99. The van der Waals surface area contributed by atoms with Gasteiger partial charge >= 0.3 is 12.1 Å². The van der Waals surface area contributed by atoms with E-state index in [1.807, 2.05) is 0 Å². The van der Waals surface area contributed by atoms with Crippen molar-refractivity contribution in [1.29, 1.82) is 0 Å². The number of methoxy groups -OCH3 is 1. The Morgan fingerprint density at radius 3 is 2.47 bits per heavy atom. The van der Waals surface area contributed by atoms with Gasteiger partial charge in [-0.2, -0.15) is 13.2 Å². The topological polar surface area (TPSA) is 90.5 Å². The van der Waals surface area contributed by atoms with Crippen molar-refractivity contribution in [3.63, 3.8) is 0 Å². The van der Waals surface area contributed by atoms with E-state index in [4.69, 9.17) is 5.73 Å². The number of hydrogen-bond acceptors (Lipinski definition) is 5. The van der Waals surface area contributed by atoms with Crippen LogP contribution in [0.5, 0.6) is 0 Å². The highest BCUT2D eigenvalue weighted by Crippen LogP contribution is 2.33. The molecule has 2 unspecified atom stereocenters. The molecule has 0 saturated carbocycles. The molecule has 0 saturated heterocycles. The Morgan fingerprint density at radius 2 is 1.84 bits per heavy atom. The lowest BCUT2D eigenvalue weighted by atomic mass is 10.0. The summed E-state index contributed by atoms with van der Waals surface area (Å²) in [6.45, 7) is -0.198. The lowest BCUT2D eigenvalue weighted by Gasteiger charge is -2.34. The van der Waals surface area contributed by atoms with Crippen molar-refractivity contribution in [2.75, 3.05) is 13.7 Å². The first-order valence-corrected chi connectivity index (χ1v) is 9.33. The Morgan fingerprint density at radius 1 is 1.19 bits per heavy atom. The van der Waals surface area contributed by atoms with Crippen LogP contribution in [0.1, 0.15) is 29.5 Å². The number of benzene rings is 1. The molecule has 32 heavy (non-hydrogen) atoms. The van der Waals surface area contributed by atoms with Gasteiger partial charge in [0.2, 0.25) is 5.91 Å². The zero-order valence-corrected chi connectivity index (χ0v) is 16.6. The van der Waals surface area contributed by atoms with Gasteiger partial charge in [0.25, 0.3) is 0 Å². The van der Waals surface area contributed by atoms with Gasteiger partial charge in [0.1, 0.15) is 11.6 Å². The second-order valence-electron chi connectivity index (χ2n) is 7.21. The summed E-state index contributed by atoms with van der Waals surface area (Å²) in [7, 11) is 1.01. The van der Waals surface area contributed by atoms with Gasteiger partial charge < -0.3 is 19.9 Å². The Labute approximate surface area is 177 Å². The van der Waals surface area contributed by atoms with Gasteiger partial charge in [-0.15, -0.1) is 0 Å². The molecule has 13 heteroatoms. The van der Waals surface area contributed by atoms with E-state index >= 15 is 0 Å². The number of halogens is 6. The van der Waals surface area contributed by atoms with Crippen LogP contribution in [0.2, 0.25) is 0 Å². The van der Waals surface area contributed by atoms with E-state index < -0.39 is 59.7 Å². The quantitative estimate of drug-likeness (QED) is 0.417. The van der Waals surface area contributed by atoms with Gasteiger partial charge in [0, 0.05) is 37.8 Å². The molecule has 0 spiro atoms. The zero-order chi connectivity index (χ0) is 23.8. The average Bonchev–Trinajstić information content (AvgIpc) is 3.15. The van der Waals surface area contributed by atoms with Gasteiger partial charge in [0.05, 0.1) is 7.11 Å². The molecule has 1 amide bonds. The smallest absolute Gasteiger partial charge is 0.434 e. The third kappa shape index (κ3) is 4.71. The summed E-state index contributed by atoms with van der Waals surface area (Å²) in [5.41, 5.74) is 4.39. The van der Waals surface area contributed by atoms with Crippen LogP contribution in [0.3, 0.4) is 0 Å². The van der Waals surface area contributed by atoms with Gasteiger partial charge in [-0.05, 0) is 18.1 Å². The molecule has 1 aromatic carbocycles. The van der Waals surface area contributed by atoms with Gasteiger partial charge in [-0.25, -0.2) is 22.9 Å². The maximum atomic E-state index is 13.8. The van der Waals surface area contributed by atoms with Gasteiger partial charge in [-0.1, -0.05) is 0 Å². The molecule has 0 aliphatic carbocycles. The number of hydrogen-bond donors (Lipinski definition) is 1. The number of aromatic nitrogens is 2. The summed E-state index contributed by atoms with van der Waals surface area (Å²) in [6, 6.07) is -1.60. The van der Waals surface area contributed by atoms with Crippen molar-refractivity contribution < 1.29 is 40.7 Å². The van der Waals surface area contributed by atoms with E-state index in [1.165, 1.54) is 0 Å². The second-order valence-corrected chi connectivity index (χ2v) is 7.21. The van der Waals surface area contributed by atoms with Crippen molar-refractivity contribution in [1.82, 2.24) is 14.5 Å². The highest BCUT2D eigenvalue weighted by molar-refractivity contribution is 5.85. The number of ether oxygens (including phenoxy) is 1. The Balaban J connectivity index is 1.80. The summed E-state index contributed by atoms with van der Waals surface area (Å²) in [4.78, 5) is 29.5. The van der Waals surface area contributed by atoms with Crippen molar-refractivity contribution in [3.05, 3.63) is 52.9 Å². The van der Waals surface area contributed by atoms with Crippen molar-refractivity contribution >= 4 is 11.9 Å². The van der Waals surface area contributed by atoms with E-state index in [9.17, 15) is 35.9 Å². The average molecular weight is 464 g/mol. The number of amides is 1. The minimum absolute atomic E-state index is 0.0648. The molecule has 0 radical (unpaired) electrons. The normalized spacial score (nSPS) is 17.1. The van der Waals surface area contributed by atoms with E-state index in [1.54, 1.807) is 0 Å².